The van der Waals surface area contributed by atoms with Gasteiger partial charge < -0.3 is 10.6 Å². The van der Waals surface area contributed by atoms with Gasteiger partial charge in [-0.25, -0.2) is 0 Å². The van der Waals surface area contributed by atoms with Crippen molar-refractivity contribution in [2.45, 2.75) is 18.7 Å². The lowest BCUT2D eigenvalue weighted by Gasteiger charge is -2.11. The maximum Gasteiger partial charge on any atom is 0.294 e. The van der Waals surface area contributed by atoms with Crippen molar-refractivity contribution in [2.24, 2.45) is 10.2 Å². The van der Waals surface area contributed by atoms with Crippen molar-refractivity contribution in [2.75, 3.05) is 12.4 Å². The Morgan fingerprint density at radius 1 is 1.00 bits per heavy atom. The van der Waals surface area contributed by atoms with Gasteiger partial charge in [-0.1, -0.05) is 18.2 Å². The summed E-state index contributed by atoms with van der Waals surface area (Å²) in [5.74, 6) is 0. The first-order valence-electron chi connectivity index (χ1n) is 8.25. The standard InChI is InChI=1S/C17H20N6O3S3/c1-10(20-22-16(27)18-3)11(2)21-23-17(28)19-15-6-4-5-12-9-13(29(24,25)26)7-8-14(12)15/h4-9H,1-3H3,(H2,18,22,27)(H2,19,23,28)(H,24,25,26)/b20-10+,21-11+. The van der Waals surface area contributed by atoms with E-state index in [0.29, 0.717) is 27.6 Å². The minimum Gasteiger partial charge on any atom is -0.364 e. The number of hydrazone groups is 2. The molecule has 5 N–H and O–H groups in total. The van der Waals surface area contributed by atoms with Gasteiger partial charge in [-0.3, -0.25) is 15.4 Å². The number of rotatable bonds is 5. The Morgan fingerprint density at radius 2 is 1.62 bits per heavy atom. The van der Waals surface area contributed by atoms with E-state index in [1.807, 2.05) is 0 Å². The third kappa shape index (κ3) is 6.42. The highest BCUT2D eigenvalue weighted by Crippen LogP contribution is 2.26. The average molecular weight is 453 g/mol. The van der Waals surface area contributed by atoms with E-state index in [0.717, 1.165) is 5.39 Å². The highest BCUT2D eigenvalue weighted by Gasteiger charge is 2.11. The fourth-order valence-electron chi connectivity index (χ4n) is 2.17. The molecule has 0 aliphatic carbocycles. The van der Waals surface area contributed by atoms with Crippen LogP contribution in [0.3, 0.4) is 0 Å². The minimum atomic E-state index is -4.27. The van der Waals surface area contributed by atoms with Crippen molar-refractivity contribution in [3.63, 3.8) is 0 Å². The summed E-state index contributed by atoms with van der Waals surface area (Å²) in [4.78, 5) is -0.177. The molecule has 0 bridgehead atoms. The van der Waals surface area contributed by atoms with Gasteiger partial charge in [0.25, 0.3) is 10.1 Å². The first-order valence-corrected chi connectivity index (χ1v) is 10.5. The molecule has 0 amide bonds. The molecule has 2 rings (SSSR count). The van der Waals surface area contributed by atoms with Crippen molar-refractivity contribution in [3.8, 4) is 0 Å². The molecule has 29 heavy (non-hydrogen) atoms. The maximum absolute atomic E-state index is 11.3. The van der Waals surface area contributed by atoms with E-state index in [-0.39, 0.29) is 10.0 Å². The molecule has 0 heterocycles. The molecule has 2 aromatic rings. The number of anilines is 1. The van der Waals surface area contributed by atoms with E-state index >= 15 is 0 Å². The first-order chi connectivity index (χ1) is 13.6. The van der Waals surface area contributed by atoms with Gasteiger partial charge in [0.15, 0.2) is 10.2 Å². The van der Waals surface area contributed by atoms with Gasteiger partial charge in [0, 0.05) is 18.1 Å². The summed E-state index contributed by atoms with van der Waals surface area (Å²) in [6.07, 6.45) is 0. The number of hydrogen-bond donors (Lipinski definition) is 5. The van der Waals surface area contributed by atoms with Crippen molar-refractivity contribution in [1.29, 1.82) is 0 Å². The van der Waals surface area contributed by atoms with Crippen molar-refractivity contribution in [3.05, 3.63) is 36.4 Å². The fraction of sp³-hybridized carbons (Fsp3) is 0.176. The van der Waals surface area contributed by atoms with Gasteiger partial charge >= 0.3 is 0 Å². The zero-order valence-electron chi connectivity index (χ0n) is 15.8. The number of nitrogens with zero attached hydrogens (tertiary/aromatic N) is 2. The predicted molar refractivity (Wildman–Crippen MR) is 124 cm³/mol. The fourth-order valence-corrected chi connectivity index (χ4v) is 2.89. The van der Waals surface area contributed by atoms with E-state index in [9.17, 15) is 13.0 Å². The lowest BCUT2D eigenvalue weighted by atomic mass is 10.1. The topological polar surface area (TPSA) is 127 Å². The summed E-state index contributed by atoms with van der Waals surface area (Å²) in [6.45, 7) is 3.52. The van der Waals surface area contributed by atoms with Gasteiger partial charge in [0.1, 0.15) is 0 Å². The number of fused-ring (bicyclic) bond motifs is 1. The monoisotopic (exact) mass is 452 g/mol. The van der Waals surface area contributed by atoms with Gasteiger partial charge in [-0.05, 0) is 61.9 Å². The SMILES string of the molecule is CNC(=S)N/N=C(C)/C(C)=N/NC(=S)Nc1cccc2cc(S(=O)(=O)O)ccc12. The Balaban J connectivity index is 2.12. The average Bonchev–Trinajstić information content (AvgIpc) is 2.69. The van der Waals surface area contributed by atoms with Crippen LogP contribution in [0.25, 0.3) is 10.8 Å². The van der Waals surface area contributed by atoms with Crippen LogP contribution >= 0.6 is 24.4 Å². The molecular formula is C17H20N6O3S3. The van der Waals surface area contributed by atoms with Gasteiger partial charge in [-0.2, -0.15) is 18.6 Å². The molecule has 0 saturated carbocycles. The molecule has 0 aliphatic heterocycles. The molecule has 12 heteroatoms. The molecule has 0 aromatic heterocycles. The van der Waals surface area contributed by atoms with E-state index in [1.165, 1.54) is 12.1 Å². The number of nitrogens with one attached hydrogen (secondary N) is 4. The summed E-state index contributed by atoms with van der Waals surface area (Å²) in [5.41, 5.74) is 7.25. The molecular weight excluding hydrogens is 432 g/mol. The van der Waals surface area contributed by atoms with Crippen LogP contribution < -0.4 is 21.5 Å². The van der Waals surface area contributed by atoms with Crippen LogP contribution in [0.2, 0.25) is 0 Å². The molecule has 154 valence electrons. The zero-order valence-corrected chi connectivity index (χ0v) is 18.3. The van der Waals surface area contributed by atoms with Crippen LogP contribution in [0.4, 0.5) is 5.69 Å². The first kappa shape index (κ1) is 22.6. The largest absolute Gasteiger partial charge is 0.364 e. The molecule has 0 fully saturated rings. The quantitative estimate of drug-likeness (QED) is 0.201. The molecule has 0 unspecified atom stereocenters. The van der Waals surface area contributed by atoms with Crippen molar-refractivity contribution in [1.82, 2.24) is 16.2 Å². The van der Waals surface area contributed by atoms with Crippen molar-refractivity contribution < 1.29 is 13.0 Å². The van der Waals surface area contributed by atoms with E-state index in [4.69, 9.17) is 24.4 Å². The number of benzene rings is 2. The van der Waals surface area contributed by atoms with E-state index in [2.05, 4.69) is 31.7 Å². The third-order valence-corrected chi connectivity index (χ3v) is 5.14. The summed E-state index contributed by atoms with van der Waals surface area (Å²) >= 11 is 10.2. The molecule has 0 spiro atoms. The Morgan fingerprint density at radius 3 is 2.21 bits per heavy atom. The van der Waals surface area contributed by atoms with Gasteiger partial charge in [-0.15, -0.1) is 0 Å². The zero-order chi connectivity index (χ0) is 21.6. The van der Waals surface area contributed by atoms with E-state index in [1.54, 1.807) is 45.2 Å². The smallest absolute Gasteiger partial charge is 0.294 e. The number of thiocarbonyl (C=S) groups is 2. The molecule has 9 nitrogen and oxygen atoms in total. The Hall–Kier alpha value is -2.67. The van der Waals surface area contributed by atoms with Crippen LogP contribution in [0.5, 0.6) is 0 Å². The minimum absolute atomic E-state index is 0.177. The highest BCUT2D eigenvalue weighted by molar-refractivity contribution is 7.85. The summed E-state index contributed by atoms with van der Waals surface area (Å²) < 4.78 is 31.8. The molecule has 0 aliphatic rings. The van der Waals surface area contributed by atoms with Gasteiger partial charge in [0.05, 0.1) is 16.3 Å². The second-order valence-corrected chi connectivity index (χ2v) is 8.05. The maximum atomic E-state index is 11.3. The molecule has 2 aromatic carbocycles. The normalized spacial score (nSPS) is 12.4. The van der Waals surface area contributed by atoms with Crippen LogP contribution in [0, 0.1) is 0 Å². The highest BCUT2D eigenvalue weighted by atomic mass is 32.2. The van der Waals surface area contributed by atoms with Crippen LogP contribution in [0.1, 0.15) is 13.8 Å². The third-order valence-electron chi connectivity index (χ3n) is 3.80. The van der Waals surface area contributed by atoms with Crippen molar-refractivity contribution >= 4 is 72.7 Å². The van der Waals surface area contributed by atoms with Gasteiger partial charge in [0.2, 0.25) is 0 Å². The predicted octanol–water partition coefficient (Wildman–Crippen LogP) is 2.22. The summed E-state index contributed by atoms with van der Waals surface area (Å²) in [6, 6.07) is 9.56. The lowest BCUT2D eigenvalue weighted by molar-refractivity contribution is 0.483. The molecule has 0 radical (unpaired) electrons. The second kappa shape index (κ2) is 9.69. The van der Waals surface area contributed by atoms with Crippen LogP contribution in [0.15, 0.2) is 51.5 Å². The Kier molecular flexibility index (Phi) is 7.56. The van der Waals surface area contributed by atoms with E-state index < -0.39 is 10.1 Å². The second-order valence-electron chi connectivity index (χ2n) is 5.81. The Bertz CT molecular complexity index is 1110. The summed E-state index contributed by atoms with van der Waals surface area (Å²) in [5, 5.41) is 16.0. The summed E-state index contributed by atoms with van der Waals surface area (Å²) in [7, 11) is -2.59. The molecule has 0 saturated heterocycles. The molecule has 0 atom stereocenters. The van der Waals surface area contributed by atoms with Crippen LogP contribution in [-0.2, 0) is 10.1 Å². The van der Waals surface area contributed by atoms with Crippen LogP contribution in [-0.4, -0.2) is 41.7 Å². The Labute approximate surface area is 179 Å². The lowest BCUT2D eigenvalue weighted by Crippen LogP contribution is -2.30. The number of hydrogen-bond acceptors (Lipinski definition) is 6.